The standard InChI is InChI=1S/C24H17Cl2F3O6/c1-12(23(32,24(27,28)29)13-2-7-20-21(8-13)34-11-33-20)16-5-3-14(9-18(16)25)35-15-4-6-17(22(30)31)19(26)10-15/h2-10,12,32H,11H2,1H3,(H,30,31)/t12-,23-/m1/s1. The van der Waals surface area contributed by atoms with E-state index in [0.717, 1.165) is 12.1 Å². The third-order valence-corrected chi connectivity index (χ3v) is 6.36. The van der Waals surface area contributed by atoms with Crippen molar-refractivity contribution in [2.75, 3.05) is 6.79 Å². The number of benzene rings is 3. The SMILES string of the molecule is C[C@H](c1ccc(Oc2ccc(C(=O)O)c(Cl)c2)cc1Cl)[C@@](O)(c1ccc2c(c1)OCO2)C(F)(F)F. The van der Waals surface area contributed by atoms with E-state index in [2.05, 4.69) is 0 Å². The number of rotatable bonds is 6. The van der Waals surface area contributed by atoms with Crippen molar-refractivity contribution in [2.24, 2.45) is 0 Å². The molecule has 0 saturated heterocycles. The number of carboxylic acids is 1. The highest BCUT2D eigenvalue weighted by atomic mass is 35.5. The highest BCUT2D eigenvalue weighted by Crippen LogP contribution is 2.51. The zero-order valence-corrected chi connectivity index (χ0v) is 19.4. The van der Waals surface area contributed by atoms with Crippen molar-refractivity contribution in [1.82, 2.24) is 0 Å². The van der Waals surface area contributed by atoms with E-state index in [-0.39, 0.29) is 51.0 Å². The molecule has 0 amide bonds. The van der Waals surface area contributed by atoms with E-state index in [0.29, 0.717) is 0 Å². The fourth-order valence-electron chi connectivity index (χ4n) is 3.81. The van der Waals surface area contributed by atoms with E-state index in [9.17, 15) is 23.1 Å². The van der Waals surface area contributed by atoms with Gasteiger partial charge in [0, 0.05) is 17.0 Å². The molecular weight excluding hydrogens is 512 g/mol. The molecule has 11 heteroatoms. The molecule has 0 aliphatic carbocycles. The minimum atomic E-state index is -5.05. The van der Waals surface area contributed by atoms with Crippen molar-refractivity contribution in [3.63, 3.8) is 0 Å². The predicted molar refractivity (Wildman–Crippen MR) is 121 cm³/mol. The van der Waals surface area contributed by atoms with Gasteiger partial charge in [0.1, 0.15) is 11.5 Å². The lowest BCUT2D eigenvalue weighted by molar-refractivity contribution is -0.274. The third-order valence-electron chi connectivity index (χ3n) is 5.72. The summed E-state index contributed by atoms with van der Waals surface area (Å²) in [5.74, 6) is -1.98. The number of aliphatic hydroxyl groups is 1. The third kappa shape index (κ3) is 4.59. The maximum Gasteiger partial charge on any atom is 0.422 e. The molecule has 0 radical (unpaired) electrons. The Bertz CT molecular complexity index is 1300. The maximum atomic E-state index is 14.3. The molecule has 0 fully saturated rings. The van der Waals surface area contributed by atoms with Crippen molar-refractivity contribution in [1.29, 1.82) is 0 Å². The number of carboxylic acid groups (broad SMARTS) is 1. The first-order valence-electron chi connectivity index (χ1n) is 10.1. The van der Waals surface area contributed by atoms with E-state index < -0.39 is 29.2 Å². The lowest BCUT2D eigenvalue weighted by atomic mass is 9.77. The van der Waals surface area contributed by atoms with E-state index >= 15 is 0 Å². The molecule has 0 spiro atoms. The Balaban J connectivity index is 1.65. The average Bonchev–Trinajstić information content (AvgIpc) is 3.25. The average molecular weight is 529 g/mol. The summed E-state index contributed by atoms with van der Waals surface area (Å²) in [4.78, 5) is 11.1. The van der Waals surface area contributed by atoms with Gasteiger partial charge in [0.05, 0.1) is 10.6 Å². The highest BCUT2D eigenvalue weighted by molar-refractivity contribution is 6.33. The topological polar surface area (TPSA) is 85.2 Å². The van der Waals surface area contributed by atoms with Crippen LogP contribution in [0.1, 0.15) is 34.3 Å². The second kappa shape index (κ2) is 9.14. The summed E-state index contributed by atoms with van der Waals surface area (Å²) < 4.78 is 58.7. The van der Waals surface area contributed by atoms with Gasteiger partial charge < -0.3 is 24.4 Å². The van der Waals surface area contributed by atoms with Crippen LogP contribution < -0.4 is 14.2 Å². The van der Waals surface area contributed by atoms with Crippen molar-refractivity contribution < 1.29 is 42.4 Å². The fraction of sp³-hybridized carbons (Fsp3) is 0.208. The first-order valence-corrected chi connectivity index (χ1v) is 10.9. The second-order valence-electron chi connectivity index (χ2n) is 7.79. The number of fused-ring (bicyclic) bond motifs is 1. The zero-order valence-electron chi connectivity index (χ0n) is 17.9. The van der Waals surface area contributed by atoms with Gasteiger partial charge >= 0.3 is 12.1 Å². The normalized spacial score (nSPS) is 15.4. The smallest absolute Gasteiger partial charge is 0.422 e. The van der Waals surface area contributed by atoms with Crippen LogP contribution in [0.15, 0.2) is 54.6 Å². The van der Waals surface area contributed by atoms with Crippen LogP contribution in [0, 0.1) is 0 Å². The second-order valence-corrected chi connectivity index (χ2v) is 8.60. The Morgan fingerprint density at radius 3 is 2.20 bits per heavy atom. The molecule has 2 atom stereocenters. The van der Waals surface area contributed by atoms with Crippen LogP contribution >= 0.6 is 23.2 Å². The van der Waals surface area contributed by atoms with Crippen LogP contribution in [-0.4, -0.2) is 29.2 Å². The molecule has 1 aliphatic heterocycles. The molecule has 1 heterocycles. The van der Waals surface area contributed by atoms with E-state index in [1.165, 1.54) is 49.4 Å². The van der Waals surface area contributed by atoms with Crippen LogP contribution in [0.3, 0.4) is 0 Å². The molecule has 4 rings (SSSR count). The van der Waals surface area contributed by atoms with Crippen LogP contribution in [0.25, 0.3) is 0 Å². The molecular formula is C24H17Cl2F3O6. The highest BCUT2D eigenvalue weighted by Gasteiger charge is 2.59. The molecule has 0 saturated carbocycles. The van der Waals surface area contributed by atoms with Crippen LogP contribution in [0.4, 0.5) is 13.2 Å². The molecule has 6 nitrogen and oxygen atoms in total. The van der Waals surface area contributed by atoms with Crippen molar-refractivity contribution >= 4 is 29.2 Å². The quantitative estimate of drug-likeness (QED) is 0.367. The summed E-state index contributed by atoms with van der Waals surface area (Å²) in [7, 11) is 0. The fourth-order valence-corrected chi connectivity index (χ4v) is 4.39. The molecule has 1 aliphatic rings. The van der Waals surface area contributed by atoms with Crippen LogP contribution in [-0.2, 0) is 5.60 Å². The van der Waals surface area contributed by atoms with Gasteiger partial charge in [0.25, 0.3) is 0 Å². The number of aromatic carboxylic acids is 1. The summed E-state index contributed by atoms with van der Waals surface area (Å²) in [6.45, 7) is 1.08. The number of alkyl halides is 3. The summed E-state index contributed by atoms with van der Waals surface area (Å²) in [5.41, 5.74) is -3.81. The Morgan fingerprint density at radius 1 is 0.971 bits per heavy atom. The Morgan fingerprint density at radius 2 is 1.60 bits per heavy atom. The maximum absolute atomic E-state index is 14.3. The molecule has 35 heavy (non-hydrogen) atoms. The Labute approximate surface area is 207 Å². The van der Waals surface area contributed by atoms with E-state index in [4.69, 9.17) is 42.5 Å². The number of halogens is 5. The minimum Gasteiger partial charge on any atom is -0.478 e. The van der Waals surface area contributed by atoms with E-state index in [1.54, 1.807) is 0 Å². The van der Waals surface area contributed by atoms with Crippen molar-refractivity contribution in [3.8, 4) is 23.0 Å². The summed E-state index contributed by atoms with van der Waals surface area (Å²) in [5, 5.41) is 20.0. The monoisotopic (exact) mass is 528 g/mol. The number of hydrogen-bond donors (Lipinski definition) is 2. The van der Waals surface area contributed by atoms with Gasteiger partial charge in [-0.15, -0.1) is 0 Å². The van der Waals surface area contributed by atoms with Crippen LogP contribution in [0.2, 0.25) is 10.0 Å². The van der Waals surface area contributed by atoms with Gasteiger partial charge in [-0.1, -0.05) is 42.3 Å². The number of carbonyl (C=O) groups is 1. The number of hydrogen-bond acceptors (Lipinski definition) is 5. The lowest BCUT2D eigenvalue weighted by Crippen LogP contribution is -2.46. The Kier molecular flexibility index (Phi) is 6.52. The molecule has 0 aromatic heterocycles. The van der Waals surface area contributed by atoms with Crippen molar-refractivity contribution in [3.05, 3.63) is 81.3 Å². The van der Waals surface area contributed by atoms with E-state index in [1.807, 2.05) is 0 Å². The molecule has 3 aromatic carbocycles. The largest absolute Gasteiger partial charge is 0.478 e. The predicted octanol–water partition coefficient (Wildman–Crippen LogP) is 6.77. The molecule has 0 unspecified atom stereocenters. The van der Waals surface area contributed by atoms with Gasteiger partial charge in [-0.25, -0.2) is 4.79 Å². The molecule has 3 aromatic rings. The van der Waals surface area contributed by atoms with Gasteiger partial charge in [-0.2, -0.15) is 13.2 Å². The molecule has 2 N–H and O–H groups in total. The lowest BCUT2D eigenvalue weighted by Gasteiger charge is -2.37. The summed E-state index contributed by atoms with van der Waals surface area (Å²) >= 11 is 12.3. The van der Waals surface area contributed by atoms with Gasteiger partial charge in [-0.05, 0) is 47.5 Å². The Hall–Kier alpha value is -3.14. The number of ether oxygens (including phenoxy) is 3. The zero-order chi connectivity index (χ0) is 25.5. The van der Waals surface area contributed by atoms with Gasteiger partial charge in [0.15, 0.2) is 17.1 Å². The van der Waals surface area contributed by atoms with Gasteiger partial charge in [-0.3, -0.25) is 0 Å². The van der Waals surface area contributed by atoms with Crippen molar-refractivity contribution in [2.45, 2.75) is 24.6 Å². The van der Waals surface area contributed by atoms with Gasteiger partial charge in [0.2, 0.25) is 6.79 Å². The minimum absolute atomic E-state index is 0.0239. The molecule has 0 bridgehead atoms. The first-order chi connectivity index (χ1) is 16.4. The summed E-state index contributed by atoms with van der Waals surface area (Å²) in [6.07, 6.45) is -5.05. The van der Waals surface area contributed by atoms with Crippen LogP contribution in [0.5, 0.6) is 23.0 Å². The summed E-state index contributed by atoms with van der Waals surface area (Å²) in [6, 6.07) is 11.5. The molecule has 184 valence electrons. The first kappa shape index (κ1) is 25.0.